The molecule has 0 radical (unpaired) electrons. The van der Waals surface area contributed by atoms with Crippen molar-refractivity contribution in [2.24, 2.45) is 22.7 Å². The minimum Gasteiger partial charge on any atom is -0.391 e. The Morgan fingerprint density at radius 1 is 1.42 bits per heavy atom. The average Bonchev–Trinajstić information content (AvgIpc) is 2.83. The van der Waals surface area contributed by atoms with Gasteiger partial charge in [0.2, 0.25) is 0 Å². The fourth-order valence-corrected chi connectivity index (χ4v) is 5.05. The molecular weight excluding hydrogens is 240 g/mol. The largest absolute Gasteiger partial charge is 0.391 e. The fraction of sp³-hybridized carbons (Fsp3) is 0.875. The van der Waals surface area contributed by atoms with Crippen LogP contribution in [0.1, 0.15) is 39.5 Å². The lowest BCUT2D eigenvalue weighted by molar-refractivity contribution is -0.174. The van der Waals surface area contributed by atoms with Crippen molar-refractivity contribution in [2.75, 3.05) is 13.7 Å². The van der Waals surface area contributed by atoms with Gasteiger partial charge in [0.05, 0.1) is 18.1 Å². The molecule has 0 aromatic carbocycles. The van der Waals surface area contributed by atoms with Crippen LogP contribution in [-0.2, 0) is 9.47 Å². The van der Waals surface area contributed by atoms with Gasteiger partial charge in [-0.1, -0.05) is 33.3 Å². The molecule has 3 fully saturated rings. The average molecular weight is 266 g/mol. The van der Waals surface area contributed by atoms with E-state index in [4.69, 9.17) is 9.47 Å². The van der Waals surface area contributed by atoms with E-state index in [-0.39, 0.29) is 17.1 Å². The molecular formula is C16H26O3. The van der Waals surface area contributed by atoms with Gasteiger partial charge in [0, 0.05) is 7.11 Å². The summed E-state index contributed by atoms with van der Waals surface area (Å²) in [5.41, 5.74) is 0.619. The van der Waals surface area contributed by atoms with Crippen LogP contribution in [0.5, 0.6) is 0 Å². The van der Waals surface area contributed by atoms with Gasteiger partial charge < -0.3 is 14.6 Å². The highest BCUT2D eigenvalue weighted by Crippen LogP contribution is 2.66. The Bertz CT molecular complexity index is 393. The summed E-state index contributed by atoms with van der Waals surface area (Å²) in [7, 11) is 1.67. The Morgan fingerprint density at radius 2 is 2.16 bits per heavy atom. The Morgan fingerprint density at radius 3 is 2.79 bits per heavy atom. The summed E-state index contributed by atoms with van der Waals surface area (Å²) in [5, 5.41) is 11.2. The van der Waals surface area contributed by atoms with Gasteiger partial charge in [-0.25, -0.2) is 0 Å². The maximum absolute atomic E-state index is 11.2. The summed E-state index contributed by atoms with van der Waals surface area (Å²) in [5.74, 6) is 1.11. The van der Waals surface area contributed by atoms with Crippen LogP contribution >= 0.6 is 0 Å². The SMILES string of the molecule is C=C1COC(OC)[C@@]12C[C@@H]1CCC[C@@H](C)C1(C)[C@H]2O. The van der Waals surface area contributed by atoms with Crippen molar-refractivity contribution < 1.29 is 14.6 Å². The zero-order valence-corrected chi connectivity index (χ0v) is 12.3. The number of rotatable bonds is 1. The quantitative estimate of drug-likeness (QED) is 0.742. The minimum atomic E-state index is -0.403. The first-order chi connectivity index (χ1) is 8.97. The molecule has 19 heavy (non-hydrogen) atoms. The van der Waals surface area contributed by atoms with E-state index < -0.39 is 6.10 Å². The van der Waals surface area contributed by atoms with Gasteiger partial charge >= 0.3 is 0 Å². The van der Waals surface area contributed by atoms with Crippen molar-refractivity contribution >= 4 is 0 Å². The Hall–Kier alpha value is -0.380. The van der Waals surface area contributed by atoms with Crippen LogP contribution in [0.2, 0.25) is 0 Å². The van der Waals surface area contributed by atoms with Gasteiger partial charge in [-0.15, -0.1) is 0 Å². The van der Waals surface area contributed by atoms with Gasteiger partial charge in [0.15, 0.2) is 6.29 Å². The van der Waals surface area contributed by atoms with Crippen molar-refractivity contribution in [2.45, 2.75) is 51.9 Å². The number of aliphatic hydroxyl groups excluding tert-OH is 1. The highest BCUT2D eigenvalue weighted by Gasteiger charge is 2.67. The van der Waals surface area contributed by atoms with Crippen molar-refractivity contribution in [1.29, 1.82) is 0 Å². The molecule has 0 aromatic rings. The van der Waals surface area contributed by atoms with Crippen LogP contribution in [0.25, 0.3) is 0 Å². The summed E-state index contributed by atoms with van der Waals surface area (Å²) < 4.78 is 11.3. The number of fused-ring (bicyclic) bond motifs is 1. The first kappa shape index (κ1) is 13.6. The summed E-state index contributed by atoms with van der Waals surface area (Å²) >= 11 is 0. The molecule has 0 aromatic heterocycles. The lowest BCUT2D eigenvalue weighted by Crippen LogP contribution is -2.49. The number of methoxy groups -OCH3 is 1. The smallest absolute Gasteiger partial charge is 0.169 e. The second-order valence-corrected chi connectivity index (χ2v) is 7.02. The van der Waals surface area contributed by atoms with E-state index in [1.165, 1.54) is 19.3 Å². The maximum atomic E-state index is 11.2. The lowest BCUT2D eigenvalue weighted by atomic mass is 9.61. The van der Waals surface area contributed by atoms with E-state index >= 15 is 0 Å². The molecule has 3 rings (SSSR count). The molecule has 1 heterocycles. The standard InChI is InChI=1S/C16H26O3/c1-10-6-5-7-12-8-16(13(17)15(10,12)3)11(2)9-19-14(16)18-4/h10,12-14,17H,2,5-9H2,1,3-4H3/t10-,12+,13-,14?,15?,16+/m1/s1. The van der Waals surface area contributed by atoms with E-state index in [9.17, 15) is 5.11 Å². The van der Waals surface area contributed by atoms with Crippen molar-refractivity contribution in [3.8, 4) is 0 Å². The third-order valence-electron chi connectivity index (χ3n) is 6.49. The summed E-state index contributed by atoms with van der Waals surface area (Å²) in [4.78, 5) is 0. The topological polar surface area (TPSA) is 38.7 Å². The molecule has 3 aliphatic rings. The molecule has 2 unspecified atom stereocenters. The molecule has 2 saturated carbocycles. The highest BCUT2D eigenvalue weighted by atomic mass is 16.7. The van der Waals surface area contributed by atoms with E-state index in [1.807, 2.05) is 0 Å². The van der Waals surface area contributed by atoms with Crippen molar-refractivity contribution in [3.63, 3.8) is 0 Å². The first-order valence-corrected chi connectivity index (χ1v) is 7.48. The molecule has 108 valence electrons. The highest BCUT2D eigenvalue weighted by molar-refractivity contribution is 5.27. The summed E-state index contributed by atoms with van der Waals surface area (Å²) in [6.07, 6.45) is 3.93. The van der Waals surface area contributed by atoms with Gasteiger partial charge in [0.1, 0.15) is 0 Å². The second-order valence-electron chi connectivity index (χ2n) is 7.02. The van der Waals surface area contributed by atoms with Crippen LogP contribution in [0.4, 0.5) is 0 Å². The third-order valence-corrected chi connectivity index (χ3v) is 6.49. The normalized spacial score (nSPS) is 53.8. The van der Waals surface area contributed by atoms with E-state index in [2.05, 4.69) is 20.4 Å². The number of hydrogen-bond donors (Lipinski definition) is 1. The molecule has 1 saturated heterocycles. The Kier molecular flexibility index (Phi) is 3.08. The van der Waals surface area contributed by atoms with Crippen LogP contribution in [-0.4, -0.2) is 31.2 Å². The van der Waals surface area contributed by atoms with Crippen LogP contribution < -0.4 is 0 Å². The summed E-state index contributed by atoms with van der Waals surface area (Å²) in [6.45, 7) is 9.26. The van der Waals surface area contributed by atoms with Gasteiger partial charge in [-0.2, -0.15) is 0 Å². The monoisotopic (exact) mass is 266 g/mol. The Balaban J connectivity index is 2.04. The molecule has 1 N–H and O–H groups in total. The van der Waals surface area contributed by atoms with Crippen LogP contribution in [0, 0.1) is 22.7 Å². The second kappa shape index (κ2) is 4.31. The third kappa shape index (κ3) is 1.50. The van der Waals surface area contributed by atoms with E-state index in [0.717, 1.165) is 12.0 Å². The number of ether oxygens (including phenoxy) is 2. The summed E-state index contributed by atoms with van der Waals surface area (Å²) in [6, 6.07) is 0. The zero-order valence-electron chi connectivity index (χ0n) is 12.3. The molecule has 2 aliphatic carbocycles. The maximum Gasteiger partial charge on any atom is 0.169 e. The van der Waals surface area contributed by atoms with Gasteiger partial charge in [0.25, 0.3) is 0 Å². The first-order valence-electron chi connectivity index (χ1n) is 7.48. The molecule has 0 amide bonds. The number of hydrogen-bond acceptors (Lipinski definition) is 3. The molecule has 1 spiro atoms. The van der Waals surface area contributed by atoms with Gasteiger partial charge in [-0.3, -0.25) is 0 Å². The minimum absolute atomic E-state index is 0.0222. The van der Waals surface area contributed by atoms with E-state index in [1.54, 1.807) is 7.11 Å². The number of aliphatic hydroxyl groups is 1. The van der Waals surface area contributed by atoms with Gasteiger partial charge in [-0.05, 0) is 35.7 Å². The molecule has 3 nitrogen and oxygen atoms in total. The van der Waals surface area contributed by atoms with Crippen LogP contribution in [0.3, 0.4) is 0 Å². The fourth-order valence-electron chi connectivity index (χ4n) is 5.05. The molecule has 0 bridgehead atoms. The molecule has 1 aliphatic heterocycles. The van der Waals surface area contributed by atoms with Crippen molar-refractivity contribution in [1.82, 2.24) is 0 Å². The lowest BCUT2D eigenvalue weighted by Gasteiger charge is -2.45. The molecule has 3 heteroatoms. The van der Waals surface area contributed by atoms with Crippen molar-refractivity contribution in [3.05, 3.63) is 12.2 Å². The van der Waals surface area contributed by atoms with Crippen LogP contribution in [0.15, 0.2) is 12.2 Å². The molecule has 6 atom stereocenters. The van der Waals surface area contributed by atoms with E-state index in [0.29, 0.717) is 18.4 Å². The zero-order chi connectivity index (χ0) is 13.8. The Labute approximate surface area is 116 Å². The predicted octanol–water partition coefficient (Wildman–Crippen LogP) is 2.74. The predicted molar refractivity (Wildman–Crippen MR) is 73.6 cm³/mol.